The minimum atomic E-state index is -0.177. The van der Waals surface area contributed by atoms with Crippen molar-refractivity contribution in [3.05, 3.63) is 70.5 Å². The molecule has 0 bridgehead atoms. The monoisotopic (exact) mass is 309 g/mol. The number of methoxy groups -OCH3 is 1. The zero-order valence-electron chi connectivity index (χ0n) is 12.5. The van der Waals surface area contributed by atoms with Crippen molar-refractivity contribution in [2.75, 3.05) is 13.7 Å². The fourth-order valence-corrected chi connectivity index (χ4v) is 2.23. The van der Waals surface area contributed by atoms with E-state index in [2.05, 4.69) is 4.98 Å². The molecule has 23 heavy (non-hydrogen) atoms. The normalized spacial score (nSPS) is 10.5. The molecule has 5 nitrogen and oxygen atoms in total. The van der Waals surface area contributed by atoms with Crippen molar-refractivity contribution in [2.24, 2.45) is 0 Å². The molecule has 5 heteroatoms. The molecule has 0 unspecified atom stereocenters. The number of aromatic nitrogens is 1. The smallest absolute Gasteiger partial charge is 0.248 e. The fourth-order valence-electron chi connectivity index (χ4n) is 2.23. The van der Waals surface area contributed by atoms with E-state index < -0.39 is 0 Å². The van der Waals surface area contributed by atoms with Crippen molar-refractivity contribution in [3.8, 4) is 11.5 Å². The topological polar surface area (TPSA) is 68.4 Å². The Morgan fingerprint density at radius 2 is 1.70 bits per heavy atom. The summed E-state index contributed by atoms with van der Waals surface area (Å²) in [6, 6.07) is 15.4. The number of rotatable bonds is 5. The summed E-state index contributed by atoms with van der Waals surface area (Å²) in [6.07, 6.45) is 0. The van der Waals surface area contributed by atoms with Crippen molar-refractivity contribution in [1.82, 2.24) is 4.98 Å². The Bertz CT molecular complexity index is 897. The van der Waals surface area contributed by atoms with Gasteiger partial charge in [0.2, 0.25) is 5.56 Å². The summed E-state index contributed by atoms with van der Waals surface area (Å²) in [6.45, 7) is -0.0745. The first-order valence-electron chi connectivity index (χ1n) is 7.09. The molecule has 0 spiro atoms. The van der Waals surface area contributed by atoms with E-state index in [0.29, 0.717) is 22.6 Å². The Labute approximate surface area is 132 Å². The van der Waals surface area contributed by atoms with Crippen LogP contribution in [0.4, 0.5) is 0 Å². The predicted octanol–water partition coefficient (Wildman–Crippen LogP) is 2.80. The molecule has 1 heterocycles. The van der Waals surface area contributed by atoms with Gasteiger partial charge in [0.1, 0.15) is 11.5 Å². The zero-order chi connectivity index (χ0) is 16.2. The first-order chi connectivity index (χ1) is 11.2. The van der Waals surface area contributed by atoms with E-state index in [-0.39, 0.29) is 17.9 Å². The molecular weight excluding hydrogens is 294 g/mol. The first-order valence-corrected chi connectivity index (χ1v) is 7.09. The minimum Gasteiger partial charge on any atom is -0.497 e. The average molecular weight is 309 g/mol. The number of aromatic amines is 1. The molecule has 1 N–H and O–H groups in total. The second-order valence-electron chi connectivity index (χ2n) is 5.01. The van der Waals surface area contributed by atoms with Crippen LogP contribution in [0, 0.1) is 0 Å². The SMILES string of the molecule is COc1ccc(C(=O)COc2ccc3ccc(=O)[nH]c3c2)cc1. The van der Waals surface area contributed by atoms with Crippen molar-refractivity contribution in [1.29, 1.82) is 0 Å². The fraction of sp³-hybridized carbons (Fsp3) is 0.111. The van der Waals surface area contributed by atoms with Gasteiger partial charge < -0.3 is 14.5 Å². The van der Waals surface area contributed by atoms with Crippen LogP contribution in [0.25, 0.3) is 10.9 Å². The third-order valence-electron chi connectivity index (χ3n) is 3.48. The van der Waals surface area contributed by atoms with Gasteiger partial charge in [-0.3, -0.25) is 9.59 Å². The molecule has 1 aromatic heterocycles. The lowest BCUT2D eigenvalue weighted by molar-refractivity contribution is 0.0921. The van der Waals surface area contributed by atoms with Gasteiger partial charge in [-0.2, -0.15) is 0 Å². The summed E-state index contributed by atoms with van der Waals surface area (Å²) in [7, 11) is 1.57. The molecule has 0 fully saturated rings. The Morgan fingerprint density at radius 1 is 1.00 bits per heavy atom. The quantitative estimate of drug-likeness (QED) is 0.736. The van der Waals surface area contributed by atoms with Gasteiger partial charge in [-0.15, -0.1) is 0 Å². The van der Waals surface area contributed by atoms with E-state index in [1.54, 1.807) is 49.6 Å². The summed E-state index contributed by atoms with van der Waals surface area (Å²) in [5.74, 6) is 1.09. The molecule has 0 saturated carbocycles. The third-order valence-corrected chi connectivity index (χ3v) is 3.48. The lowest BCUT2D eigenvalue weighted by atomic mass is 10.1. The van der Waals surface area contributed by atoms with Gasteiger partial charge in [-0.25, -0.2) is 0 Å². The van der Waals surface area contributed by atoms with Crippen LogP contribution in [0.15, 0.2) is 59.4 Å². The number of Topliss-reactive ketones (excluding diaryl/α,β-unsaturated/α-hetero) is 1. The van der Waals surface area contributed by atoms with E-state index in [1.165, 1.54) is 6.07 Å². The third kappa shape index (κ3) is 3.40. The molecule has 116 valence electrons. The van der Waals surface area contributed by atoms with Crippen molar-refractivity contribution in [2.45, 2.75) is 0 Å². The average Bonchev–Trinajstić information content (AvgIpc) is 2.59. The molecule has 3 aromatic rings. The molecular formula is C18H15NO4. The maximum Gasteiger partial charge on any atom is 0.248 e. The Balaban J connectivity index is 1.71. The number of carbonyl (C=O) groups excluding carboxylic acids is 1. The van der Waals surface area contributed by atoms with Crippen LogP contribution in [-0.2, 0) is 0 Å². The summed E-state index contributed by atoms with van der Waals surface area (Å²) >= 11 is 0. The number of nitrogens with one attached hydrogen (secondary N) is 1. The van der Waals surface area contributed by atoms with E-state index in [1.807, 2.05) is 6.07 Å². The van der Waals surface area contributed by atoms with Crippen LogP contribution in [0.5, 0.6) is 11.5 Å². The molecule has 2 aromatic carbocycles. The molecule has 0 radical (unpaired) electrons. The lowest BCUT2D eigenvalue weighted by Crippen LogP contribution is -2.11. The highest BCUT2D eigenvalue weighted by molar-refractivity contribution is 5.97. The van der Waals surface area contributed by atoms with Gasteiger partial charge >= 0.3 is 0 Å². The van der Waals surface area contributed by atoms with Crippen LogP contribution in [0.1, 0.15) is 10.4 Å². The molecule has 0 amide bonds. The largest absolute Gasteiger partial charge is 0.497 e. The highest BCUT2D eigenvalue weighted by Gasteiger charge is 2.07. The summed E-state index contributed by atoms with van der Waals surface area (Å²) < 4.78 is 10.6. The van der Waals surface area contributed by atoms with Crippen LogP contribution < -0.4 is 15.0 Å². The number of benzene rings is 2. The highest BCUT2D eigenvalue weighted by atomic mass is 16.5. The van der Waals surface area contributed by atoms with Crippen LogP contribution in [0.2, 0.25) is 0 Å². The van der Waals surface area contributed by atoms with E-state index >= 15 is 0 Å². The standard InChI is InChI=1S/C18H15NO4/c1-22-14-6-3-13(4-7-14)17(20)11-23-15-8-2-12-5-9-18(21)19-16(12)10-15/h2-10H,11H2,1H3,(H,19,21). The maximum atomic E-state index is 12.1. The Morgan fingerprint density at radius 3 is 2.43 bits per heavy atom. The highest BCUT2D eigenvalue weighted by Crippen LogP contribution is 2.18. The van der Waals surface area contributed by atoms with Gasteiger partial charge in [-0.1, -0.05) is 0 Å². The maximum absolute atomic E-state index is 12.1. The molecule has 0 saturated heterocycles. The Kier molecular flexibility index (Phi) is 4.10. The number of ether oxygens (including phenoxy) is 2. The van der Waals surface area contributed by atoms with Gasteiger partial charge in [0, 0.05) is 17.7 Å². The second kappa shape index (κ2) is 6.36. The summed E-state index contributed by atoms with van der Waals surface area (Å²) in [4.78, 5) is 26.2. The van der Waals surface area contributed by atoms with Crippen LogP contribution in [-0.4, -0.2) is 24.5 Å². The van der Waals surface area contributed by atoms with E-state index in [4.69, 9.17) is 9.47 Å². The zero-order valence-corrected chi connectivity index (χ0v) is 12.5. The number of hydrogen-bond acceptors (Lipinski definition) is 4. The lowest BCUT2D eigenvalue weighted by Gasteiger charge is -2.07. The number of ketones is 1. The molecule has 0 aliphatic carbocycles. The van der Waals surface area contributed by atoms with Gasteiger partial charge in [0.15, 0.2) is 12.4 Å². The van der Waals surface area contributed by atoms with Gasteiger partial charge in [-0.05, 0) is 47.9 Å². The van der Waals surface area contributed by atoms with Gasteiger partial charge in [0.05, 0.1) is 12.6 Å². The van der Waals surface area contributed by atoms with E-state index in [9.17, 15) is 9.59 Å². The summed E-state index contributed by atoms with van der Waals surface area (Å²) in [5.41, 5.74) is 1.05. The Hall–Kier alpha value is -3.08. The number of hydrogen-bond donors (Lipinski definition) is 1. The number of carbonyl (C=O) groups is 1. The van der Waals surface area contributed by atoms with Crippen molar-refractivity contribution >= 4 is 16.7 Å². The van der Waals surface area contributed by atoms with Crippen molar-refractivity contribution < 1.29 is 14.3 Å². The summed E-state index contributed by atoms with van der Waals surface area (Å²) in [5, 5.41) is 0.901. The van der Waals surface area contributed by atoms with E-state index in [0.717, 1.165) is 5.39 Å². The number of fused-ring (bicyclic) bond motifs is 1. The second-order valence-corrected chi connectivity index (χ2v) is 5.01. The van der Waals surface area contributed by atoms with Gasteiger partial charge in [0.25, 0.3) is 0 Å². The molecule has 0 atom stereocenters. The first kappa shape index (κ1) is 14.8. The predicted molar refractivity (Wildman–Crippen MR) is 87.4 cm³/mol. The van der Waals surface area contributed by atoms with Crippen molar-refractivity contribution in [3.63, 3.8) is 0 Å². The molecule has 0 aliphatic heterocycles. The van der Waals surface area contributed by atoms with Crippen LogP contribution >= 0.6 is 0 Å². The number of H-pyrrole nitrogens is 1. The molecule has 0 aliphatic rings. The van der Waals surface area contributed by atoms with Crippen LogP contribution in [0.3, 0.4) is 0 Å². The molecule has 3 rings (SSSR count). The minimum absolute atomic E-state index is 0.0745. The number of pyridine rings is 1.